The number of fused-ring (bicyclic) bond motifs is 2. The lowest BCUT2D eigenvalue weighted by atomic mass is 9.84. The molecule has 0 saturated heterocycles. The second-order valence-electron chi connectivity index (χ2n) is 8.47. The van der Waals surface area contributed by atoms with E-state index in [1.165, 1.54) is 37.3 Å². The highest BCUT2D eigenvalue weighted by Gasteiger charge is 2.30. The number of carbonyl (C=O) groups is 4. The largest absolute Gasteiger partial charge is 0.453 e. The molecular formula is C27H23NO7S. The summed E-state index contributed by atoms with van der Waals surface area (Å²) >= 11 is 0. The van der Waals surface area contributed by atoms with Crippen LogP contribution in [0.2, 0.25) is 0 Å². The molecule has 1 amide bonds. The minimum Gasteiger partial charge on any atom is -0.453 e. The van der Waals surface area contributed by atoms with Gasteiger partial charge < -0.3 is 10.1 Å². The van der Waals surface area contributed by atoms with Crippen molar-refractivity contribution in [3.05, 3.63) is 94.5 Å². The predicted octanol–water partition coefficient (Wildman–Crippen LogP) is 3.50. The molecule has 1 N–H and O–H groups in total. The van der Waals surface area contributed by atoms with Crippen LogP contribution in [0, 0.1) is 6.92 Å². The molecule has 4 rings (SSSR count). The van der Waals surface area contributed by atoms with Crippen molar-refractivity contribution in [2.75, 3.05) is 11.1 Å². The Bertz CT molecular complexity index is 1490. The zero-order chi connectivity index (χ0) is 26.0. The Morgan fingerprint density at radius 2 is 1.44 bits per heavy atom. The van der Waals surface area contributed by atoms with E-state index in [4.69, 9.17) is 4.74 Å². The monoisotopic (exact) mass is 505 g/mol. The van der Waals surface area contributed by atoms with E-state index in [2.05, 4.69) is 5.32 Å². The van der Waals surface area contributed by atoms with E-state index in [9.17, 15) is 27.6 Å². The van der Waals surface area contributed by atoms with Gasteiger partial charge in [-0.15, -0.1) is 0 Å². The van der Waals surface area contributed by atoms with Gasteiger partial charge in [0.25, 0.3) is 5.91 Å². The highest BCUT2D eigenvalue weighted by Crippen LogP contribution is 2.29. The molecule has 0 bridgehead atoms. The number of benzene rings is 3. The fraction of sp³-hybridized carbons (Fsp3) is 0.185. The molecule has 1 atom stereocenters. The van der Waals surface area contributed by atoms with E-state index in [-0.39, 0.29) is 33.3 Å². The van der Waals surface area contributed by atoms with Crippen LogP contribution in [0.5, 0.6) is 0 Å². The highest BCUT2D eigenvalue weighted by molar-refractivity contribution is 7.91. The van der Waals surface area contributed by atoms with Gasteiger partial charge in [0.2, 0.25) is 0 Å². The minimum atomic E-state index is -3.68. The topological polar surface area (TPSA) is 124 Å². The second-order valence-corrected chi connectivity index (χ2v) is 10.6. The van der Waals surface area contributed by atoms with Crippen molar-refractivity contribution in [2.45, 2.75) is 31.3 Å². The first kappa shape index (κ1) is 25.0. The fourth-order valence-corrected chi connectivity index (χ4v) is 5.03. The Morgan fingerprint density at radius 3 is 2.08 bits per heavy atom. The Kier molecular flexibility index (Phi) is 6.85. The normalized spacial score (nSPS) is 13.4. The third-order valence-corrected chi connectivity index (χ3v) is 7.56. The molecule has 0 aromatic heterocycles. The molecule has 0 spiro atoms. The van der Waals surface area contributed by atoms with E-state index < -0.39 is 40.0 Å². The van der Waals surface area contributed by atoms with E-state index in [0.29, 0.717) is 11.1 Å². The minimum absolute atomic E-state index is 0.106. The third-order valence-electron chi connectivity index (χ3n) is 5.83. The summed E-state index contributed by atoms with van der Waals surface area (Å²) in [6.45, 7) is 3.19. The van der Waals surface area contributed by atoms with Crippen molar-refractivity contribution >= 4 is 39.0 Å². The highest BCUT2D eigenvalue weighted by atomic mass is 32.2. The lowest BCUT2D eigenvalue weighted by Gasteiger charge is -2.19. The number of carbonyl (C=O) groups excluding carboxylic acids is 4. The van der Waals surface area contributed by atoms with Crippen LogP contribution in [0.15, 0.2) is 71.6 Å². The van der Waals surface area contributed by atoms with Gasteiger partial charge in [-0.25, -0.2) is 8.42 Å². The first-order valence-electron chi connectivity index (χ1n) is 11.2. The van der Waals surface area contributed by atoms with Crippen LogP contribution in [0.4, 0.5) is 5.69 Å². The Labute approximate surface area is 208 Å². The van der Waals surface area contributed by atoms with E-state index in [1.54, 1.807) is 36.4 Å². The van der Waals surface area contributed by atoms with Gasteiger partial charge in [0.15, 0.2) is 27.5 Å². The number of amides is 1. The van der Waals surface area contributed by atoms with Crippen molar-refractivity contribution in [3.8, 4) is 0 Å². The van der Waals surface area contributed by atoms with Crippen molar-refractivity contribution in [3.63, 3.8) is 0 Å². The summed E-state index contributed by atoms with van der Waals surface area (Å²) < 4.78 is 29.9. The van der Waals surface area contributed by atoms with Crippen LogP contribution >= 0.6 is 0 Å². The number of rotatable bonds is 7. The molecule has 8 nitrogen and oxygen atoms in total. The molecule has 9 heteroatoms. The smallest absolute Gasteiger partial charge is 0.307 e. The lowest BCUT2D eigenvalue weighted by Crippen LogP contribution is -2.30. The number of hydrogen-bond acceptors (Lipinski definition) is 7. The Balaban J connectivity index is 1.37. The zero-order valence-corrected chi connectivity index (χ0v) is 20.4. The number of aryl methyl sites for hydroxylation is 1. The van der Waals surface area contributed by atoms with E-state index in [1.807, 2.05) is 6.92 Å². The van der Waals surface area contributed by atoms with Gasteiger partial charge in [-0.2, -0.15) is 0 Å². The molecule has 1 aliphatic rings. The van der Waals surface area contributed by atoms with Crippen molar-refractivity contribution < 1.29 is 32.3 Å². The molecule has 0 heterocycles. The number of anilines is 1. The molecule has 184 valence electrons. The SMILES string of the molecule is Cc1ccc(S(=O)(=O)CCC(=O)OC(C)C(=O)Nc2ccc3c(c2)C(=O)c2ccccc2C3=O)cc1. The maximum absolute atomic E-state index is 12.9. The van der Waals surface area contributed by atoms with Crippen LogP contribution in [0.3, 0.4) is 0 Å². The molecule has 1 unspecified atom stereocenters. The van der Waals surface area contributed by atoms with Gasteiger partial charge in [0.05, 0.1) is 17.1 Å². The summed E-state index contributed by atoms with van der Waals surface area (Å²) in [5, 5.41) is 2.56. The average Bonchev–Trinajstić information content (AvgIpc) is 2.86. The van der Waals surface area contributed by atoms with Crippen LogP contribution in [0.25, 0.3) is 0 Å². The summed E-state index contributed by atoms with van der Waals surface area (Å²) in [4.78, 5) is 50.4. The van der Waals surface area contributed by atoms with Gasteiger partial charge in [-0.05, 0) is 44.2 Å². The number of esters is 1. The van der Waals surface area contributed by atoms with E-state index >= 15 is 0 Å². The zero-order valence-electron chi connectivity index (χ0n) is 19.6. The standard InChI is InChI=1S/C27H23NO7S/c1-16-7-10-19(11-8-16)36(33,34)14-13-24(29)35-17(2)27(32)28-18-9-12-22-23(15-18)26(31)21-6-4-3-5-20(21)25(22)30/h3-12,15,17H,13-14H2,1-2H3,(H,28,32). The van der Waals surface area contributed by atoms with Gasteiger partial charge in [0, 0.05) is 27.9 Å². The first-order valence-corrected chi connectivity index (χ1v) is 12.8. The first-order chi connectivity index (χ1) is 17.1. The van der Waals surface area contributed by atoms with Gasteiger partial charge in [-0.3, -0.25) is 19.2 Å². The summed E-state index contributed by atoms with van der Waals surface area (Å²) in [6.07, 6.45) is -1.63. The molecular weight excluding hydrogens is 482 g/mol. The quantitative estimate of drug-likeness (QED) is 0.381. The maximum Gasteiger partial charge on any atom is 0.307 e. The van der Waals surface area contributed by atoms with Crippen molar-refractivity contribution in [1.29, 1.82) is 0 Å². The van der Waals surface area contributed by atoms with Gasteiger partial charge >= 0.3 is 5.97 Å². The van der Waals surface area contributed by atoms with Gasteiger partial charge in [0.1, 0.15) is 0 Å². The Hall–Kier alpha value is -4.11. The van der Waals surface area contributed by atoms with E-state index in [0.717, 1.165) is 5.56 Å². The maximum atomic E-state index is 12.9. The molecule has 0 fully saturated rings. The molecule has 3 aromatic rings. The van der Waals surface area contributed by atoms with Crippen molar-refractivity contribution in [1.82, 2.24) is 0 Å². The molecule has 1 aliphatic carbocycles. The second kappa shape index (κ2) is 9.87. The predicted molar refractivity (Wildman–Crippen MR) is 132 cm³/mol. The third kappa shape index (κ3) is 5.11. The Morgan fingerprint density at radius 1 is 0.861 bits per heavy atom. The number of ether oxygens (including phenoxy) is 1. The number of sulfone groups is 1. The summed E-state index contributed by atoms with van der Waals surface area (Å²) in [5.74, 6) is -2.56. The number of hydrogen-bond donors (Lipinski definition) is 1. The summed E-state index contributed by atoms with van der Waals surface area (Å²) in [7, 11) is -3.68. The molecule has 0 radical (unpaired) electrons. The average molecular weight is 506 g/mol. The van der Waals surface area contributed by atoms with Crippen LogP contribution < -0.4 is 5.32 Å². The van der Waals surface area contributed by atoms with Crippen LogP contribution in [-0.4, -0.2) is 43.7 Å². The van der Waals surface area contributed by atoms with Crippen LogP contribution in [-0.2, 0) is 24.2 Å². The number of nitrogens with one attached hydrogen (secondary N) is 1. The van der Waals surface area contributed by atoms with Gasteiger partial charge in [-0.1, -0.05) is 42.0 Å². The lowest BCUT2D eigenvalue weighted by molar-refractivity contribution is -0.152. The molecule has 3 aromatic carbocycles. The summed E-state index contributed by atoms with van der Waals surface area (Å²) in [6, 6.07) is 17.2. The van der Waals surface area contributed by atoms with Crippen LogP contribution in [0.1, 0.15) is 50.8 Å². The number of ketones is 2. The molecule has 36 heavy (non-hydrogen) atoms. The summed E-state index contributed by atoms with van der Waals surface area (Å²) in [5.41, 5.74) is 2.20. The van der Waals surface area contributed by atoms with Crippen molar-refractivity contribution in [2.24, 2.45) is 0 Å². The molecule has 0 saturated carbocycles. The molecule has 0 aliphatic heterocycles. The fourth-order valence-electron chi connectivity index (χ4n) is 3.81.